The number of carboxylic acid groups (broad SMARTS) is 1. The fraction of sp³-hybridized carbons (Fsp3) is 0.318. The molecule has 0 unspecified atom stereocenters. The molecule has 0 radical (unpaired) electrons. The largest absolute Gasteiger partial charge is 0.465 e. The second-order valence-corrected chi connectivity index (χ2v) is 9.06. The van der Waals surface area contributed by atoms with Crippen LogP contribution in [-0.2, 0) is 6.54 Å². The van der Waals surface area contributed by atoms with Crippen molar-refractivity contribution < 1.29 is 19.1 Å². The lowest BCUT2D eigenvalue weighted by molar-refractivity contribution is 0.0547. The number of furan rings is 1. The Kier molecular flexibility index (Phi) is 4.32. The van der Waals surface area contributed by atoms with Gasteiger partial charge in [0.2, 0.25) is 0 Å². The number of fused-ring (bicyclic) bond motifs is 4. The van der Waals surface area contributed by atoms with Gasteiger partial charge in [0.15, 0.2) is 5.65 Å². The molecular weight excluding hydrogens is 416 g/mol. The number of rotatable bonds is 4. The third-order valence-electron chi connectivity index (χ3n) is 6.13. The van der Waals surface area contributed by atoms with Gasteiger partial charge in [-0.2, -0.15) is 4.98 Å². The number of benzene rings is 1. The van der Waals surface area contributed by atoms with E-state index in [1.807, 2.05) is 36.4 Å². The van der Waals surface area contributed by atoms with Gasteiger partial charge in [-0.15, -0.1) is 0 Å². The Labute approximate surface area is 181 Å². The van der Waals surface area contributed by atoms with E-state index in [4.69, 9.17) is 9.15 Å². The highest BCUT2D eigenvalue weighted by molar-refractivity contribution is 7.20. The molecule has 1 N–H and O–H groups in total. The summed E-state index contributed by atoms with van der Waals surface area (Å²) < 4.78 is 13.0. The summed E-state index contributed by atoms with van der Waals surface area (Å²) in [4.78, 5) is 23.9. The molecule has 0 aliphatic carbocycles. The number of piperazine rings is 1. The van der Waals surface area contributed by atoms with Crippen molar-refractivity contribution in [2.45, 2.75) is 31.5 Å². The molecule has 4 aromatic rings. The molecule has 2 aliphatic heterocycles. The van der Waals surface area contributed by atoms with Crippen LogP contribution in [0, 0.1) is 0 Å². The van der Waals surface area contributed by atoms with E-state index in [2.05, 4.69) is 14.9 Å². The monoisotopic (exact) mass is 436 g/mol. The standard InChI is InChI=1S/C22H20N4O4S/c27-22(28)25-10-14-3-4-15(11-25)26(14)12-17-9-13-8-16(5-6-18(13)29-17)30-21-24-20-19(31-21)2-1-7-23-20/h1-2,5-9,14-15H,3-4,10-12H2,(H,27,28)/t14-,15+. The summed E-state index contributed by atoms with van der Waals surface area (Å²) in [5, 5.41) is 10.9. The zero-order chi connectivity index (χ0) is 20.9. The summed E-state index contributed by atoms with van der Waals surface area (Å²) >= 11 is 1.46. The fourth-order valence-electron chi connectivity index (χ4n) is 4.70. The summed E-state index contributed by atoms with van der Waals surface area (Å²) in [6.45, 7) is 1.83. The Morgan fingerprint density at radius 2 is 2.06 bits per heavy atom. The maximum atomic E-state index is 11.3. The van der Waals surface area contributed by atoms with Crippen LogP contribution in [0.1, 0.15) is 18.6 Å². The number of likely N-dealkylation sites (tertiary alicyclic amines) is 1. The molecule has 8 nitrogen and oxygen atoms in total. The van der Waals surface area contributed by atoms with Crippen molar-refractivity contribution in [2.75, 3.05) is 13.1 Å². The van der Waals surface area contributed by atoms with Crippen LogP contribution in [-0.4, -0.2) is 56.1 Å². The maximum absolute atomic E-state index is 11.3. The van der Waals surface area contributed by atoms with E-state index >= 15 is 0 Å². The molecule has 2 saturated heterocycles. The lowest BCUT2D eigenvalue weighted by atomic mass is 10.2. The molecule has 158 valence electrons. The predicted octanol–water partition coefficient (Wildman–Crippen LogP) is 4.56. The summed E-state index contributed by atoms with van der Waals surface area (Å²) in [5.74, 6) is 1.59. The number of amides is 1. The van der Waals surface area contributed by atoms with Gasteiger partial charge in [-0.05, 0) is 49.2 Å². The minimum Gasteiger partial charge on any atom is -0.465 e. The van der Waals surface area contributed by atoms with Crippen LogP contribution in [0.5, 0.6) is 10.9 Å². The molecule has 2 atom stereocenters. The molecular formula is C22H20N4O4S. The Morgan fingerprint density at radius 3 is 2.84 bits per heavy atom. The molecule has 9 heteroatoms. The first kappa shape index (κ1) is 18.6. The van der Waals surface area contributed by atoms with E-state index in [-0.39, 0.29) is 12.1 Å². The first-order chi connectivity index (χ1) is 15.1. The highest BCUT2D eigenvalue weighted by atomic mass is 32.1. The van der Waals surface area contributed by atoms with Crippen molar-refractivity contribution >= 4 is 38.7 Å². The molecule has 2 aliphatic rings. The van der Waals surface area contributed by atoms with Gasteiger partial charge in [-0.1, -0.05) is 11.3 Å². The summed E-state index contributed by atoms with van der Waals surface area (Å²) in [6, 6.07) is 12.2. The molecule has 31 heavy (non-hydrogen) atoms. The first-order valence-electron chi connectivity index (χ1n) is 10.3. The van der Waals surface area contributed by atoms with E-state index in [9.17, 15) is 9.90 Å². The number of thiazole rings is 1. The molecule has 2 bridgehead atoms. The Bertz CT molecular complexity index is 1240. The highest BCUT2D eigenvalue weighted by Crippen LogP contribution is 2.35. The van der Waals surface area contributed by atoms with Crippen molar-refractivity contribution in [3.05, 3.63) is 48.4 Å². The first-order valence-corrected chi connectivity index (χ1v) is 11.1. The topological polar surface area (TPSA) is 91.9 Å². The minimum absolute atomic E-state index is 0.259. The second-order valence-electron chi connectivity index (χ2n) is 8.06. The predicted molar refractivity (Wildman–Crippen MR) is 116 cm³/mol. The van der Waals surface area contributed by atoms with Crippen molar-refractivity contribution in [1.82, 2.24) is 19.8 Å². The number of carbonyl (C=O) groups is 1. The molecule has 0 spiro atoms. The van der Waals surface area contributed by atoms with Gasteiger partial charge >= 0.3 is 6.09 Å². The number of nitrogens with zero attached hydrogens (tertiary/aromatic N) is 4. The van der Waals surface area contributed by atoms with Crippen molar-refractivity contribution in [2.24, 2.45) is 0 Å². The Hall–Kier alpha value is -3.17. The summed E-state index contributed by atoms with van der Waals surface area (Å²) in [6.07, 6.45) is 2.96. The lowest BCUT2D eigenvalue weighted by Crippen LogP contribution is -2.54. The summed E-state index contributed by atoms with van der Waals surface area (Å²) in [5.41, 5.74) is 1.50. The average molecular weight is 436 g/mol. The van der Waals surface area contributed by atoms with Crippen LogP contribution >= 0.6 is 11.3 Å². The molecule has 0 saturated carbocycles. The van der Waals surface area contributed by atoms with E-state index in [1.165, 1.54) is 11.3 Å². The maximum Gasteiger partial charge on any atom is 0.407 e. The van der Waals surface area contributed by atoms with Crippen LogP contribution < -0.4 is 4.74 Å². The van der Waals surface area contributed by atoms with Gasteiger partial charge in [0.05, 0.1) is 11.2 Å². The Balaban J connectivity index is 1.20. The number of aromatic nitrogens is 2. The van der Waals surface area contributed by atoms with E-state index in [1.54, 1.807) is 11.1 Å². The van der Waals surface area contributed by atoms with E-state index < -0.39 is 6.09 Å². The average Bonchev–Trinajstić information content (AvgIpc) is 3.40. The normalized spacial score (nSPS) is 21.2. The Morgan fingerprint density at radius 1 is 1.23 bits per heavy atom. The zero-order valence-corrected chi connectivity index (χ0v) is 17.4. The fourth-order valence-corrected chi connectivity index (χ4v) is 5.49. The highest BCUT2D eigenvalue weighted by Gasteiger charge is 2.41. The SMILES string of the molecule is O=C(O)N1C[C@H]2CC[C@@H](C1)N2Cc1cc2cc(Oc3nc4ncccc4s3)ccc2o1. The smallest absolute Gasteiger partial charge is 0.407 e. The number of hydrogen-bond donors (Lipinski definition) is 1. The van der Waals surface area contributed by atoms with Gasteiger partial charge in [0, 0.05) is 36.8 Å². The van der Waals surface area contributed by atoms with Crippen LogP contribution in [0.4, 0.5) is 4.79 Å². The van der Waals surface area contributed by atoms with Gasteiger partial charge in [-0.3, -0.25) is 4.90 Å². The van der Waals surface area contributed by atoms with Crippen molar-refractivity contribution in [1.29, 1.82) is 0 Å². The van der Waals surface area contributed by atoms with Gasteiger partial charge in [0.25, 0.3) is 5.19 Å². The number of hydrogen-bond acceptors (Lipinski definition) is 7. The molecule has 5 heterocycles. The summed E-state index contributed by atoms with van der Waals surface area (Å²) in [7, 11) is 0. The molecule has 6 rings (SSSR count). The van der Waals surface area contributed by atoms with Crippen LogP contribution in [0.2, 0.25) is 0 Å². The van der Waals surface area contributed by atoms with Crippen LogP contribution in [0.25, 0.3) is 21.3 Å². The molecule has 1 aromatic carbocycles. The van der Waals surface area contributed by atoms with Crippen molar-refractivity contribution in [3.63, 3.8) is 0 Å². The van der Waals surface area contributed by atoms with E-state index in [0.29, 0.717) is 36.2 Å². The van der Waals surface area contributed by atoms with E-state index in [0.717, 1.165) is 34.3 Å². The van der Waals surface area contributed by atoms with Gasteiger partial charge in [-0.25, -0.2) is 9.78 Å². The molecule has 3 aromatic heterocycles. The third-order valence-corrected chi connectivity index (χ3v) is 7.02. The number of pyridine rings is 1. The molecule has 2 fully saturated rings. The van der Waals surface area contributed by atoms with Crippen LogP contribution in [0.3, 0.4) is 0 Å². The number of ether oxygens (including phenoxy) is 1. The van der Waals surface area contributed by atoms with Gasteiger partial charge < -0.3 is 19.2 Å². The second kappa shape index (κ2) is 7.21. The van der Waals surface area contributed by atoms with Crippen LogP contribution in [0.15, 0.2) is 47.0 Å². The lowest BCUT2D eigenvalue weighted by Gasteiger charge is -2.39. The minimum atomic E-state index is -0.822. The van der Waals surface area contributed by atoms with Crippen molar-refractivity contribution in [3.8, 4) is 10.9 Å². The van der Waals surface area contributed by atoms with Gasteiger partial charge in [0.1, 0.15) is 17.1 Å². The third kappa shape index (κ3) is 3.39. The quantitative estimate of drug-likeness (QED) is 0.501. The molecule has 1 amide bonds. The zero-order valence-electron chi connectivity index (χ0n) is 16.6.